The number of hydrogen-bond acceptors (Lipinski definition) is 5. The van der Waals surface area contributed by atoms with Gasteiger partial charge in [0, 0.05) is 21.0 Å². The van der Waals surface area contributed by atoms with E-state index in [2.05, 4.69) is 22.5 Å². The zero-order chi connectivity index (χ0) is 34.9. The van der Waals surface area contributed by atoms with Crippen molar-refractivity contribution in [1.29, 1.82) is 0 Å². The quantitative estimate of drug-likeness (QED) is 0.160. The van der Waals surface area contributed by atoms with Crippen LogP contribution in [0.1, 0.15) is 35.4 Å². The van der Waals surface area contributed by atoms with Crippen LogP contribution in [0.2, 0.25) is 5.02 Å². The molecule has 1 saturated carbocycles. The maximum Gasteiger partial charge on any atom is 0.246 e. The second kappa shape index (κ2) is 12.2. The van der Waals surface area contributed by atoms with Crippen molar-refractivity contribution >= 4 is 62.5 Å². The lowest BCUT2D eigenvalue weighted by atomic mass is 9.49. The Labute approximate surface area is 303 Å². The summed E-state index contributed by atoms with van der Waals surface area (Å²) in [5, 5.41) is 12.3. The molecule has 9 heteroatoms. The van der Waals surface area contributed by atoms with Gasteiger partial charge in [-0.15, -0.1) is 6.58 Å². The lowest BCUT2D eigenvalue weighted by Crippen LogP contribution is -2.53. The highest BCUT2D eigenvalue weighted by Crippen LogP contribution is 2.65. The molecule has 4 aromatic carbocycles. The fraction of sp³-hybridized carbons (Fsp3) is 0.220. The van der Waals surface area contributed by atoms with Crippen molar-refractivity contribution in [3.8, 4) is 5.75 Å². The summed E-state index contributed by atoms with van der Waals surface area (Å²) in [7, 11) is 0. The van der Waals surface area contributed by atoms with E-state index in [0.717, 1.165) is 10.0 Å². The van der Waals surface area contributed by atoms with Gasteiger partial charge in [-0.1, -0.05) is 99.9 Å². The zero-order valence-electron chi connectivity index (χ0n) is 26.8. The number of carbonyl (C=O) groups excluding carboxylic acids is 4. The molecule has 4 amide bonds. The number of fused-ring (bicyclic) bond motifs is 4. The molecule has 4 aromatic rings. The molecule has 6 atom stereocenters. The minimum Gasteiger partial charge on any atom is -0.507 e. The van der Waals surface area contributed by atoms with E-state index in [4.69, 9.17) is 11.6 Å². The van der Waals surface area contributed by atoms with Gasteiger partial charge in [-0.3, -0.25) is 24.1 Å². The Morgan fingerprint density at radius 3 is 2.30 bits per heavy atom. The third kappa shape index (κ3) is 4.61. The number of phenolic OH excluding ortho intramolecular Hbond substituents is 1. The van der Waals surface area contributed by atoms with E-state index in [1.165, 1.54) is 9.80 Å². The molecular formula is C41H32BrClN2O5. The van der Waals surface area contributed by atoms with Gasteiger partial charge in [0.15, 0.2) is 0 Å². The van der Waals surface area contributed by atoms with Crippen LogP contribution in [0, 0.1) is 23.7 Å². The molecule has 3 fully saturated rings. The van der Waals surface area contributed by atoms with Crippen molar-refractivity contribution in [2.75, 3.05) is 9.80 Å². The number of benzene rings is 4. The molecule has 2 aliphatic carbocycles. The van der Waals surface area contributed by atoms with Crippen LogP contribution in [0.25, 0.3) is 0 Å². The molecule has 2 heterocycles. The maximum absolute atomic E-state index is 15.4. The molecule has 0 radical (unpaired) electrons. The van der Waals surface area contributed by atoms with E-state index in [1.54, 1.807) is 60.7 Å². The molecule has 50 heavy (non-hydrogen) atoms. The highest BCUT2D eigenvalue weighted by atomic mass is 79.9. The van der Waals surface area contributed by atoms with Crippen LogP contribution >= 0.6 is 27.5 Å². The first-order valence-corrected chi connectivity index (χ1v) is 17.8. The summed E-state index contributed by atoms with van der Waals surface area (Å²) in [6.07, 6.45) is 4.53. The number of phenols is 1. The van der Waals surface area contributed by atoms with Crippen molar-refractivity contribution in [3.63, 3.8) is 0 Å². The zero-order valence-corrected chi connectivity index (χ0v) is 29.2. The second-order valence-corrected chi connectivity index (χ2v) is 14.8. The smallest absolute Gasteiger partial charge is 0.246 e. The van der Waals surface area contributed by atoms with Gasteiger partial charge in [0.1, 0.15) is 5.75 Å². The van der Waals surface area contributed by atoms with Crippen molar-refractivity contribution < 1.29 is 24.3 Å². The van der Waals surface area contributed by atoms with Crippen molar-refractivity contribution in [3.05, 3.63) is 148 Å². The number of aromatic hydroxyl groups is 1. The van der Waals surface area contributed by atoms with E-state index in [0.29, 0.717) is 39.5 Å². The van der Waals surface area contributed by atoms with Gasteiger partial charge in [0.2, 0.25) is 23.6 Å². The van der Waals surface area contributed by atoms with Crippen LogP contribution in [0.15, 0.2) is 126 Å². The van der Waals surface area contributed by atoms with Crippen LogP contribution in [-0.4, -0.2) is 28.7 Å². The molecule has 2 saturated heterocycles. The number of imide groups is 2. The normalized spacial score (nSPS) is 27.2. The molecular weight excluding hydrogens is 716 g/mol. The number of anilines is 2. The lowest BCUT2D eigenvalue weighted by Gasteiger charge is -2.50. The Morgan fingerprint density at radius 1 is 0.840 bits per heavy atom. The summed E-state index contributed by atoms with van der Waals surface area (Å²) in [5.41, 5.74) is 1.90. The molecule has 0 spiro atoms. The standard InChI is InChI=1S/C41H32BrClN2O5/c1-2-8-23-9-6-14-31(36(23)46)35-29-19-20-30-34(39(49)44(37(30)47)27-17-15-25(42)16-18-27)32(29)22-33-38(48)45(28-13-7-12-26(43)21-28)40(50)41(33,35)24-10-4-3-5-11-24/h2-7,9-19,21,30,32-35,46H,1,8,20,22H2/t30-,32+,33-,34-,35+,41+/m0/s1. The van der Waals surface area contributed by atoms with E-state index >= 15 is 4.79 Å². The van der Waals surface area contributed by atoms with Crippen LogP contribution in [-0.2, 0) is 31.0 Å². The fourth-order valence-electron chi connectivity index (χ4n) is 9.10. The number of amides is 4. The van der Waals surface area contributed by atoms with Gasteiger partial charge in [-0.2, -0.15) is 0 Å². The van der Waals surface area contributed by atoms with Gasteiger partial charge in [-0.25, -0.2) is 4.90 Å². The summed E-state index contributed by atoms with van der Waals surface area (Å²) in [6.45, 7) is 3.87. The molecule has 2 aliphatic heterocycles. The largest absolute Gasteiger partial charge is 0.507 e. The van der Waals surface area contributed by atoms with Gasteiger partial charge >= 0.3 is 0 Å². The SMILES string of the molecule is C=CCc1cccc([C@H]2C3=CC[C@@H]4C(=O)N(c5ccc(Br)cc5)C(=O)[C@@H]4[C@@H]3C[C@H]3C(=O)N(c4cccc(Cl)c4)C(=O)[C@@]23c2ccccc2)c1O. The maximum atomic E-state index is 15.4. The minimum atomic E-state index is -1.48. The third-order valence-corrected chi connectivity index (χ3v) is 11.8. The van der Waals surface area contributed by atoms with Crippen LogP contribution in [0.5, 0.6) is 5.75 Å². The third-order valence-electron chi connectivity index (χ3n) is 11.1. The van der Waals surface area contributed by atoms with Crippen molar-refractivity contribution in [2.45, 2.75) is 30.6 Å². The van der Waals surface area contributed by atoms with E-state index in [9.17, 15) is 19.5 Å². The first-order valence-electron chi connectivity index (χ1n) is 16.6. The summed E-state index contributed by atoms with van der Waals surface area (Å²) in [6, 6.07) is 28.5. The summed E-state index contributed by atoms with van der Waals surface area (Å²) < 4.78 is 0.821. The Balaban J connectivity index is 1.37. The monoisotopic (exact) mass is 746 g/mol. The number of nitrogens with zero attached hydrogens (tertiary/aromatic N) is 2. The molecule has 250 valence electrons. The molecule has 0 aromatic heterocycles. The summed E-state index contributed by atoms with van der Waals surface area (Å²) in [4.78, 5) is 61.3. The number of carbonyl (C=O) groups is 4. The van der Waals surface area contributed by atoms with Gasteiger partial charge in [-0.05, 0) is 78.8 Å². The van der Waals surface area contributed by atoms with E-state index < -0.39 is 46.8 Å². The van der Waals surface area contributed by atoms with Gasteiger partial charge in [0.05, 0.1) is 34.5 Å². The number of halogens is 2. The Bertz CT molecular complexity index is 2130. The average Bonchev–Trinajstić information content (AvgIpc) is 3.51. The summed E-state index contributed by atoms with van der Waals surface area (Å²) in [5.74, 6) is -5.08. The average molecular weight is 748 g/mol. The topological polar surface area (TPSA) is 95.0 Å². The number of rotatable bonds is 6. The highest BCUT2D eigenvalue weighted by Gasteiger charge is 2.70. The molecule has 8 rings (SSSR count). The van der Waals surface area contributed by atoms with Crippen LogP contribution in [0.4, 0.5) is 11.4 Å². The van der Waals surface area contributed by atoms with Gasteiger partial charge < -0.3 is 5.11 Å². The van der Waals surface area contributed by atoms with E-state index in [-0.39, 0.29) is 30.4 Å². The highest BCUT2D eigenvalue weighted by molar-refractivity contribution is 9.10. The molecule has 7 nitrogen and oxygen atoms in total. The first-order chi connectivity index (χ1) is 24.2. The molecule has 0 unspecified atom stereocenters. The lowest BCUT2D eigenvalue weighted by molar-refractivity contribution is -0.127. The predicted octanol–water partition coefficient (Wildman–Crippen LogP) is 7.90. The molecule has 0 bridgehead atoms. The Morgan fingerprint density at radius 2 is 1.58 bits per heavy atom. The summed E-state index contributed by atoms with van der Waals surface area (Å²) >= 11 is 9.84. The van der Waals surface area contributed by atoms with Gasteiger partial charge in [0.25, 0.3) is 0 Å². The van der Waals surface area contributed by atoms with Crippen LogP contribution < -0.4 is 9.80 Å². The number of allylic oxidation sites excluding steroid dienone is 3. The second-order valence-electron chi connectivity index (χ2n) is 13.4. The molecule has 1 N–H and O–H groups in total. The molecule has 4 aliphatic rings. The first kappa shape index (κ1) is 32.4. The van der Waals surface area contributed by atoms with E-state index in [1.807, 2.05) is 48.5 Å². The minimum absolute atomic E-state index is 0.0156. The van der Waals surface area contributed by atoms with Crippen LogP contribution in [0.3, 0.4) is 0 Å². The predicted molar refractivity (Wildman–Crippen MR) is 195 cm³/mol. The Hall–Kier alpha value is -4.79. The fourth-order valence-corrected chi connectivity index (χ4v) is 9.55. The number of para-hydroxylation sites is 1. The number of hydrogen-bond donors (Lipinski definition) is 1. The van der Waals surface area contributed by atoms with Crippen molar-refractivity contribution in [2.24, 2.45) is 23.7 Å². The van der Waals surface area contributed by atoms with Crippen molar-refractivity contribution in [1.82, 2.24) is 0 Å². The Kier molecular flexibility index (Phi) is 7.92.